The van der Waals surface area contributed by atoms with Crippen molar-refractivity contribution in [1.82, 2.24) is 5.32 Å². The van der Waals surface area contributed by atoms with Gasteiger partial charge in [0.2, 0.25) is 5.91 Å². The van der Waals surface area contributed by atoms with Crippen molar-refractivity contribution in [3.63, 3.8) is 0 Å². The first-order valence-corrected chi connectivity index (χ1v) is 5.91. The molecule has 92 valence electrons. The summed E-state index contributed by atoms with van der Waals surface area (Å²) in [6, 6.07) is 5.01. The van der Waals surface area contributed by atoms with Crippen LogP contribution in [0.2, 0.25) is 0 Å². The van der Waals surface area contributed by atoms with Gasteiger partial charge in [0.05, 0.1) is 5.56 Å². The van der Waals surface area contributed by atoms with Crippen LogP contribution in [0.25, 0.3) is 0 Å². The highest BCUT2D eigenvalue weighted by Gasteiger charge is 2.09. The fourth-order valence-corrected chi connectivity index (χ4v) is 1.70. The molecule has 0 bridgehead atoms. The van der Waals surface area contributed by atoms with E-state index in [9.17, 15) is 9.59 Å². The summed E-state index contributed by atoms with van der Waals surface area (Å²) in [7, 11) is 0. The van der Waals surface area contributed by atoms with E-state index in [2.05, 4.69) is 21.2 Å². The Morgan fingerprint density at radius 2 is 2.06 bits per heavy atom. The van der Waals surface area contributed by atoms with Crippen LogP contribution >= 0.6 is 15.9 Å². The zero-order chi connectivity index (χ0) is 12.8. The molecule has 5 N–H and O–H groups in total. The minimum atomic E-state index is -0.371. The third-order valence-electron chi connectivity index (χ3n) is 2.12. The van der Waals surface area contributed by atoms with Crippen molar-refractivity contribution in [3.05, 3.63) is 28.2 Å². The van der Waals surface area contributed by atoms with Crippen LogP contribution in [0.1, 0.15) is 23.2 Å². The van der Waals surface area contributed by atoms with Gasteiger partial charge >= 0.3 is 0 Å². The number of rotatable bonds is 5. The molecule has 0 saturated carbocycles. The highest BCUT2D eigenvalue weighted by molar-refractivity contribution is 9.10. The molecule has 1 aromatic rings. The molecule has 1 aromatic carbocycles. The van der Waals surface area contributed by atoms with Crippen LogP contribution in [0.15, 0.2) is 22.7 Å². The summed E-state index contributed by atoms with van der Waals surface area (Å²) in [6.07, 6.45) is 0.791. The molecule has 0 spiro atoms. The second kappa shape index (κ2) is 6.24. The molecule has 2 amide bonds. The molecule has 0 radical (unpaired) electrons. The first kappa shape index (κ1) is 13.5. The number of nitrogens with one attached hydrogen (secondary N) is 1. The average Bonchev–Trinajstić information content (AvgIpc) is 2.27. The van der Waals surface area contributed by atoms with Crippen LogP contribution in [0.3, 0.4) is 0 Å². The standard InChI is InChI=1S/C11H14BrN3O2/c12-9-4-3-7(13)6-8(9)11(17)15-5-1-2-10(14)16/h3-4,6H,1-2,5,13H2,(H2,14,16)(H,15,17). The molecule has 6 heteroatoms. The van der Waals surface area contributed by atoms with Crippen LogP contribution in [-0.2, 0) is 4.79 Å². The lowest BCUT2D eigenvalue weighted by Gasteiger charge is -2.07. The monoisotopic (exact) mass is 299 g/mol. The van der Waals surface area contributed by atoms with Gasteiger partial charge in [0, 0.05) is 23.1 Å². The van der Waals surface area contributed by atoms with Crippen LogP contribution in [0.5, 0.6) is 0 Å². The number of halogens is 1. The van der Waals surface area contributed by atoms with E-state index in [1.807, 2.05) is 0 Å². The van der Waals surface area contributed by atoms with Crippen molar-refractivity contribution in [2.75, 3.05) is 12.3 Å². The predicted octanol–water partition coefficient (Wildman–Crippen LogP) is 1.03. The number of hydrogen-bond donors (Lipinski definition) is 3. The van der Waals surface area contributed by atoms with Gasteiger partial charge < -0.3 is 16.8 Å². The Morgan fingerprint density at radius 3 is 2.71 bits per heavy atom. The van der Waals surface area contributed by atoms with Gasteiger partial charge in [-0.25, -0.2) is 0 Å². The van der Waals surface area contributed by atoms with Crippen molar-refractivity contribution in [2.45, 2.75) is 12.8 Å². The van der Waals surface area contributed by atoms with E-state index < -0.39 is 0 Å². The van der Waals surface area contributed by atoms with Gasteiger partial charge in [-0.2, -0.15) is 0 Å². The number of carbonyl (C=O) groups excluding carboxylic acids is 2. The molecular weight excluding hydrogens is 286 g/mol. The maximum Gasteiger partial charge on any atom is 0.252 e. The fourth-order valence-electron chi connectivity index (χ4n) is 1.28. The van der Waals surface area contributed by atoms with Crippen LogP contribution in [0.4, 0.5) is 5.69 Å². The minimum absolute atomic E-state index is 0.228. The molecule has 5 nitrogen and oxygen atoms in total. The van der Waals surface area contributed by atoms with Gasteiger partial charge in [0.1, 0.15) is 0 Å². The Morgan fingerprint density at radius 1 is 1.35 bits per heavy atom. The second-order valence-electron chi connectivity index (χ2n) is 3.57. The Balaban J connectivity index is 2.52. The summed E-state index contributed by atoms with van der Waals surface area (Å²) in [5.41, 5.74) is 11.6. The topological polar surface area (TPSA) is 98.2 Å². The van der Waals surface area contributed by atoms with E-state index in [-0.39, 0.29) is 18.2 Å². The third kappa shape index (κ3) is 4.44. The van der Waals surface area contributed by atoms with Crippen LogP contribution in [-0.4, -0.2) is 18.4 Å². The first-order valence-electron chi connectivity index (χ1n) is 5.12. The van der Waals surface area contributed by atoms with Gasteiger partial charge in [-0.3, -0.25) is 9.59 Å². The van der Waals surface area contributed by atoms with Crippen molar-refractivity contribution < 1.29 is 9.59 Å². The number of nitrogens with two attached hydrogens (primary N) is 2. The highest BCUT2D eigenvalue weighted by atomic mass is 79.9. The summed E-state index contributed by atoms with van der Waals surface area (Å²) < 4.78 is 0.680. The molecule has 0 atom stereocenters. The summed E-state index contributed by atoms with van der Waals surface area (Å²) in [4.78, 5) is 22.2. The lowest BCUT2D eigenvalue weighted by Crippen LogP contribution is -2.26. The average molecular weight is 300 g/mol. The van der Waals surface area contributed by atoms with E-state index in [1.165, 1.54) is 0 Å². The number of benzene rings is 1. The number of carbonyl (C=O) groups is 2. The van der Waals surface area contributed by atoms with Gasteiger partial charge in [0.15, 0.2) is 0 Å². The molecule has 0 aliphatic rings. The SMILES string of the molecule is NC(=O)CCCNC(=O)c1cc(N)ccc1Br. The summed E-state index contributed by atoms with van der Waals surface area (Å²) in [5, 5.41) is 2.69. The molecule has 0 aliphatic carbocycles. The lowest BCUT2D eigenvalue weighted by atomic mass is 10.2. The second-order valence-corrected chi connectivity index (χ2v) is 4.42. The summed E-state index contributed by atoms with van der Waals surface area (Å²) in [6.45, 7) is 0.406. The molecule has 0 saturated heterocycles. The number of primary amides is 1. The lowest BCUT2D eigenvalue weighted by molar-refractivity contribution is -0.118. The van der Waals surface area contributed by atoms with E-state index in [0.29, 0.717) is 28.7 Å². The smallest absolute Gasteiger partial charge is 0.252 e. The molecule has 0 unspecified atom stereocenters. The van der Waals surface area contributed by atoms with Crippen molar-refractivity contribution in [3.8, 4) is 0 Å². The van der Waals surface area contributed by atoms with E-state index in [1.54, 1.807) is 18.2 Å². The molecule has 0 aromatic heterocycles. The highest BCUT2D eigenvalue weighted by Crippen LogP contribution is 2.19. The van der Waals surface area contributed by atoms with Crippen molar-refractivity contribution in [1.29, 1.82) is 0 Å². The van der Waals surface area contributed by atoms with E-state index >= 15 is 0 Å². The molecule has 17 heavy (non-hydrogen) atoms. The van der Waals surface area contributed by atoms with Crippen LogP contribution in [0, 0.1) is 0 Å². The molecule has 0 aliphatic heterocycles. The zero-order valence-corrected chi connectivity index (χ0v) is 10.8. The number of nitrogen functional groups attached to an aromatic ring is 1. The van der Waals surface area contributed by atoms with E-state index in [4.69, 9.17) is 11.5 Å². The van der Waals surface area contributed by atoms with Crippen molar-refractivity contribution >= 4 is 33.4 Å². The molecular formula is C11H14BrN3O2. The van der Waals surface area contributed by atoms with Gasteiger partial charge in [-0.1, -0.05) is 0 Å². The summed E-state index contributed by atoms with van der Waals surface area (Å²) in [5.74, 6) is -0.599. The Hall–Kier alpha value is -1.56. The number of hydrogen-bond acceptors (Lipinski definition) is 3. The molecule has 1 rings (SSSR count). The quantitative estimate of drug-likeness (QED) is 0.559. The van der Waals surface area contributed by atoms with Gasteiger partial charge in [-0.15, -0.1) is 0 Å². The molecule has 0 fully saturated rings. The number of amides is 2. The molecule has 0 heterocycles. The maximum atomic E-state index is 11.7. The van der Waals surface area contributed by atoms with Gasteiger partial charge in [-0.05, 0) is 40.5 Å². The first-order chi connectivity index (χ1) is 8.00. The Bertz CT molecular complexity index is 435. The normalized spacial score (nSPS) is 9.94. The van der Waals surface area contributed by atoms with Crippen LogP contribution < -0.4 is 16.8 Å². The number of anilines is 1. The van der Waals surface area contributed by atoms with Crippen molar-refractivity contribution in [2.24, 2.45) is 5.73 Å². The summed E-state index contributed by atoms with van der Waals surface area (Å²) >= 11 is 3.27. The maximum absolute atomic E-state index is 11.7. The third-order valence-corrected chi connectivity index (χ3v) is 2.81. The fraction of sp³-hybridized carbons (Fsp3) is 0.273. The predicted molar refractivity (Wildman–Crippen MR) is 69.3 cm³/mol. The largest absolute Gasteiger partial charge is 0.399 e. The van der Waals surface area contributed by atoms with Gasteiger partial charge in [0.25, 0.3) is 5.91 Å². The van der Waals surface area contributed by atoms with E-state index in [0.717, 1.165) is 0 Å². The zero-order valence-electron chi connectivity index (χ0n) is 9.20. The Labute approximate surface area is 108 Å². The minimum Gasteiger partial charge on any atom is -0.399 e. The Kier molecular flexibility index (Phi) is 4.96.